The lowest BCUT2D eigenvalue weighted by atomic mass is 9.93. The van der Waals surface area contributed by atoms with Crippen LogP contribution in [0.2, 0.25) is 0 Å². The highest BCUT2D eigenvalue weighted by atomic mass is 32.1. The number of aryl methyl sites for hydroxylation is 1. The Kier molecular flexibility index (Phi) is 9.71. The minimum atomic E-state index is -1.02. The van der Waals surface area contributed by atoms with E-state index in [1.54, 1.807) is 37.2 Å². The summed E-state index contributed by atoms with van der Waals surface area (Å²) in [6, 6.07) is 18.4. The lowest BCUT2D eigenvalue weighted by molar-refractivity contribution is -0.133. The Labute approximate surface area is 273 Å². The summed E-state index contributed by atoms with van der Waals surface area (Å²) in [5.41, 5.74) is 2.48. The van der Waals surface area contributed by atoms with Crippen LogP contribution in [-0.2, 0) is 16.6 Å². The Morgan fingerprint density at radius 1 is 1.02 bits per heavy atom. The molecule has 4 aromatic rings. The highest BCUT2D eigenvalue weighted by molar-refractivity contribution is 7.16. The van der Waals surface area contributed by atoms with E-state index in [1.165, 1.54) is 11.3 Å². The smallest absolute Gasteiger partial charge is 0.324 e. The van der Waals surface area contributed by atoms with E-state index in [-0.39, 0.29) is 17.2 Å². The van der Waals surface area contributed by atoms with Crippen molar-refractivity contribution in [3.8, 4) is 17.0 Å². The Morgan fingerprint density at radius 2 is 1.85 bits per heavy atom. The largest absolute Gasteiger partial charge is 0.478 e. The number of nitrogens with zero attached hydrogens (tertiary/aromatic N) is 3. The fraction of sp³-hybridized carbons (Fsp3) is 0.343. The van der Waals surface area contributed by atoms with Crippen LogP contribution in [0.3, 0.4) is 0 Å². The first kappa shape index (κ1) is 32.6. The molecule has 240 valence electrons. The number of piperazine rings is 1. The zero-order chi connectivity index (χ0) is 32.9. The van der Waals surface area contributed by atoms with Gasteiger partial charge in [0.2, 0.25) is 11.8 Å². The molecule has 0 saturated carbocycles. The first-order valence-corrected chi connectivity index (χ1v) is 16.2. The molecule has 4 amide bonds. The molecule has 5 rings (SSSR count). The number of aromatic nitrogens is 2. The van der Waals surface area contributed by atoms with Crippen LogP contribution in [0.1, 0.15) is 62.0 Å². The molecular weight excluding hydrogens is 600 g/mol. The number of hydrogen-bond donors (Lipinski definition) is 3. The van der Waals surface area contributed by atoms with E-state index in [4.69, 9.17) is 4.74 Å². The molecule has 3 N–H and O–H groups in total. The summed E-state index contributed by atoms with van der Waals surface area (Å²) in [6.07, 6.45) is 5.21. The van der Waals surface area contributed by atoms with E-state index in [1.807, 2.05) is 54.6 Å². The van der Waals surface area contributed by atoms with Crippen LogP contribution in [0.25, 0.3) is 11.1 Å². The number of carbonyl (C=O) groups is 3. The van der Waals surface area contributed by atoms with Crippen LogP contribution in [0, 0.1) is 0 Å². The Morgan fingerprint density at radius 3 is 2.57 bits per heavy atom. The number of anilines is 2. The van der Waals surface area contributed by atoms with Gasteiger partial charge in [-0.15, -0.1) is 11.3 Å². The summed E-state index contributed by atoms with van der Waals surface area (Å²) in [6.45, 7) is 10.9. The zero-order valence-corrected chi connectivity index (χ0v) is 27.7. The first-order chi connectivity index (χ1) is 21.9. The third-order valence-corrected chi connectivity index (χ3v) is 9.25. The van der Waals surface area contributed by atoms with Crippen molar-refractivity contribution in [2.75, 3.05) is 30.3 Å². The van der Waals surface area contributed by atoms with E-state index in [9.17, 15) is 14.4 Å². The van der Waals surface area contributed by atoms with Crippen LogP contribution < -0.4 is 20.7 Å². The lowest BCUT2D eigenvalue weighted by Gasteiger charge is -2.41. The molecular formula is C35H40N6O4S. The maximum absolute atomic E-state index is 13.8. The number of nitrogens with one attached hydrogen (secondary N) is 3. The second kappa shape index (κ2) is 13.7. The molecule has 0 bridgehead atoms. The number of thiophene rings is 1. The van der Waals surface area contributed by atoms with Gasteiger partial charge in [-0.25, -0.2) is 9.78 Å². The van der Waals surface area contributed by atoms with Crippen molar-refractivity contribution in [2.45, 2.75) is 58.4 Å². The number of amides is 4. The summed E-state index contributed by atoms with van der Waals surface area (Å²) in [7, 11) is 0. The monoisotopic (exact) mass is 640 g/mol. The molecule has 1 saturated heterocycles. The maximum Gasteiger partial charge on any atom is 0.324 e. The van der Waals surface area contributed by atoms with Gasteiger partial charge in [-0.2, -0.15) is 0 Å². The van der Waals surface area contributed by atoms with Gasteiger partial charge in [-0.1, -0.05) is 39.0 Å². The van der Waals surface area contributed by atoms with Gasteiger partial charge in [0, 0.05) is 53.4 Å². The summed E-state index contributed by atoms with van der Waals surface area (Å²) in [5.74, 6) is 0.0411. The lowest BCUT2D eigenvalue weighted by Crippen LogP contribution is -2.63. The summed E-state index contributed by atoms with van der Waals surface area (Å²) in [5, 5.41) is 9.05. The third-order valence-electron chi connectivity index (χ3n) is 7.77. The molecule has 46 heavy (non-hydrogen) atoms. The number of urea groups is 1. The highest BCUT2D eigenvalue weighted by Gasteiger charge is 2.42. The van der Waals surface area contributed by atoms with Crippen LogP contribution >= 0.6 is 11.3 Å². The fourth-order valence-corrected chi connectivity index (χ4v) is 6.17. The molecule has 3 aromatic heterocycles. The average Bonchev–Trinajstić information content (AvgIpc) is 3.45. The van der Waals surface area contributed by atoms with Crippen molar-refractivity contribution in [1.29, 1.82) is 0 Å². The molecule has 0 unspecified atom stereocenters. The van der Waals surface area contributed by atoms with Gasteiger partial charge >= 0.3 is 6.03 Å². The highest BCUT2D eigenvalue weighted by Crippen LogP contribution is 2.38. The number of pyridine rings is 2. The Bertz CT molecular complexity index is 1700. The second-order valence-electron chi connectivity index (χ2n) is 12.7. The van der Waals surface area contributed by atoms with Crippen LogP contribution in [0.5, 0.6) is 5.88 Å². The van der Waals surface area contributed by atoms with Gasteiger partial charge in [0.25, 0.3) is 5.91 Å². The molecule has 0 spiro atoms. The van der Waals surface area contributed by atoms with E-state index in [2.05, 4.69) is 46.7 Å². The average molecular weight is 641 g/mol. The SMILES string of the molecule is CC(C)(C)c1cc(C(=O)N2CCNC(=O)C2(C)C)c(NC(=O)Nc2cccc(-c3ccc(OCCCc4ccccn4)nc3)c2)s1. The molecule has 0 aliphatic carbocycles. The quantitative estimate of drug-likeness (QED) is 0.179. The number of benzene rings is 1. The van der Waals surface area contributed by atoms with E-state index >= 15 is 0 Å². The molecule has 1 aliphatic heterocycles. The van der Waals surface area contributed by atoms with Crippen LogP contribution in [0.4, 0.5) is 15.5 Å². The van der Waals surface area contributed by atoms with Crippen LogP contribution in [-0.4, -0.2) is 57.9 Å². The van der Waals surface area contributed by atoms with Gasteiger partial charge in [0.05, 0.1) is 12.2 Å². The Balaban J connectivity index is 1.24. The van der Waals surface area contributed by atoms with E-state index < -0.39 is 11.6 Å². The molecule has 1 aliphatic rings. The number of hydrogen-bond acceptors (Lipinski definition) is 7. The number of carbonyl (C=O) groups excluding carboxylic acids is 3. The standard InChI is InChI=1S/C35H40N6O4S/c1-34(2,3)28-21-27(31(42)41-18-17-37-32(43)35(41,4)5)30(46-28)40-33(44)39-26-12-8-10-23(20-26)24-14-15-29(38-22-24)45-19-9-13-25-11-6-7-16-36-25/h6-8,10-12,14-16,20-22H,9,13,17-19H2,1-5H3,(H,37,43)(H2,39,40,44). The maximum atomic E-state index is 13.8. The van der Waals surface area contributed by atoms with Gasteiger partial charge in [-0.05, 0) is 74.1 Å². The minimum absolute atomic E-state index is 0.209. The van der Waals surface area contributed by atoms with Crippen molar-refractivity contribution >= 4 is 39.9 Å². The van der Waals surface area contributed by atoms with Crippen molar-refractivity contribution in [3.63, 3.8) is 0 Å². The molecule has 4 heterocycles. The molecule has 0 atom stereocenters. The van der Waals surface area contributed by atoms with Crippen molar-refractivity contribution in [1.82, 2.24) is 20.2 Å². The molecule has 1 fully saturated rings. The topological polar surface area (TPSA) is 126 Å². The van der Waals surface area contributed by atoms with Gasteiger partial charge in [-0.3, -0.25) is 19.9 Å². The predicted octanol–water partition coefficient (Wildman–Crippen LogP) is 6.51. The van der Waals surface area contributed by atoms with Crippen molar-refractivity contribution in [2.24, 2.45) is 0 Å². The molecule has 11 heteroatoms. The molecule has 1 aromatic carbocycles. The zero-order valence-electron chi connectivity index (χ0n) is 26.8. The van der Waals surface area contributed by atoms with Gasteiger partial charge < -0.3 is 20.3 Å². The predicted molar refractivity (Wildman–Crippen MR) is 182 cm³/mol. The van der Waals surface area contributed by atoms with E-state index in [0.29, 0.717) is 41.8 Å². The fourth-order valence-electron chi connectivity index (χ4n) is 5.07. The summed E-state index contributed by atoms with van der Waals surface area (Å²) < 4.78 is 5.81. The minimum Gasteiger partial charge on any atom is -0.478 e. The third kappa shape index (κ3) is 7.71. The van der Waals surface area contributed by atoms with Crippen molar-refractivity contribution in [3.05, 3.63) is 89.2 Å². The van der Waals surface area contributed by atoms with Gasteiger partial charge in [0.15, 0.2) is 0 Å². The Hall–Kier alpha value is -4.77. The van der Waals surface area contributed by atoms with Crippen molar-refractivity contribution < 1.29 is 19.1 Å². The van der Waals surface area contributed by atoms with Crippen LogP contribution in [0.15, 0.2) is 73.1 Å². The van der Waals surface area contributed by atoms with Gasteiger partial charge in [0.1, 0.15) is 10.5 Å². The summed E-state index contributed by atoms with van der Waals surface area (Å²) in [4.78, 5) is 50.9. The first-order valence-electron chi connectivity index (χ1n) is 15.3. The second-order valence-corrected chi connectivity index (χ2v) is 13.7. The summed E-state index contributed by atoms with van der Waals surface area (Å²) >= 11 is 1.36. The normalized spacial score (nSPS) is 14.4. The number of rotatable bonds is 9. The molecule has 0 radical (unpaired) electrons. The molecule has 10 nitrogen and oxygen atoms in total. The van der Waals surface area contributed by atoms with E-state index in [0.717, 1.165) is 34.5 Å². The number of ether oxygens (including phenoxy) is 1.